The Balaban J connectivity index is 1.62. The van der Waals surface area contributed by atoms with Crippen LogP contribution in [0.4, 0.5) is 0 Å². The molecule has 2 aliphatic heterocycles. The minimum absolute atomic E-state index is 0.367. The Bertz CT molecular complexity index is 343. The lowest BCUT2D eigenvalue weighted by atomic mass is 9.91. The molecule has 0 radical (unpaired) electrons. The van der Waals surface area contributed by atoms with Gasteiger partial charge in [-0.1, -0.05) is 0 Å². The molecule has 3 rings (SSSR count). The SMILES string of the molecule is CC1CNC(C)(C2CC2)CN1CC1CN(C)CCN1C. The van der Waals surface area contributed by atoms with Crippen molar-refractivity contribution in [3.8, 4) is 0 Å². The van der Waals surface area contributed by atoms with Gasteiger partial charge in [0.2, 0.25) is 0 Å². The van der Waals surface area contributed by atoms with Gasteiger partial charge in [-0.3, -0.25) is 9.80 Å². The van der Waals surface area contributed by atoms with Crippen LogP contribution in [0.2, 0.25) is 0 Å². The largest absolute Gasteiger partial charge is 0.308 e. The van der Waals surface area contributed by atoms with Gasteiger partial charge in [0.05, 0.1) is 0 Å². The zero-order valence-electron chi connectivity index (χ0n) is 13.7. The van der Waals surface area contributed by atoms with Crippen molar-refractivity contribution in [3.63, 3.8) is 0 Å². The molecule has 0 aromatic carbocycles. The summed E-state index contributed by atoms with van der Waals surface area (Å²) in [5, 5.41) is 3.83. The van der Waals surface area contributed by atoms with E-state index in [2.05, 4.69) is 48.0 Å². The first kappa shape index (κ1) is 14.8. The summed E-state index contributed by atoms with van der Waals surface area (Å²) in [6.45, 7) is 12.1. The second-order valence-electron chi connectivity index (χ2n) is 7.75. The number of rotatable bonds is 3. The molecular formula is C16H32N4. The smallest absolute Gasteiger partial charge is 0.0347 e. The fourth-order valence-electron chi connectivity index (χ4n) is 3.95. The summed E-state index contributed by atoms with van der Waals surface area (Å²) in [5.41, 5.74) is 0.367. The van der Waals surface area contributed by atoms with Crippen LogP contribution < -0.4 is 5.32 Å². The maximum absolute atomic E-state index is 3.83. The average Bonchev–Trinajstić information content (AvgIpc) is 3.23. The molecular weight excluding hydrogens is 248 g/mol. The van der Waals surface area contributed by atoms with E-state index in [1.165, 1.54) is 45.6 Å². The van der Waals surface area contributed by atoms with Gasteiger partial charge in [0, 0.05) is 56.9 Å². The van der Waals surface area contributed by atoms with Crippen molar-refractivity contribution in [2.45, 2.75) is 44.3 Å². The highest BCUT2D eigenvalue weighted by Gasteiger charge is 2.45. The molecule has 3 unspecified atom stereocenters. The summed E-state index contributed by atoms with van der Waals surface area (Å²) in [5.74, 6) is 0.921. The third-order valence-corrected chi connectivity index (χ3v) is 5.86. The van der Waals surface area contributed by atoms with Crippen LogP contribution in [0.5, 0.6) is 0 Å². The van der Waals surface area contributed by atoms with Gasteiger partial charge >= 0.3 is 0 Å². The van der Waals surface area contributed by atoms with E-state index in [1.54, 1.807) is 0 Å². The number of hydrogen-bond acceptors (Lipinski definition) is 4. The van der Waals surface area contributed by atoms with Gasteiger partial charge in [-0.05, 0) is 46.7 Å². The summed E-state index contributed by atoms with van der Waals surface area (Å²) in [6, 6.07) is 1.36. The number of likely N-dealkylation sites (N-methyl/N-ethyl adjacent to an activating group) is 2. The van der Waals surface area contributed by atoms with Crippen LogP contribution in [-0.4, -0.2) is 85.7 Å². The van der Waals surface area contributed by atoms with Crippen LogP contribution in [0.15, 0.2) is 0 Å². The molecule has 4 nitrogen and oxygen atoms in total. The zero-order chi connectivity index (χ0) is 14.3. The fraction of sp³-hybridized carbons (Fsp3) is 1.00. The summed E-state index contributed by atoms with van der Waals surface area (Å²) >= 11 is 0. The van der Waals surface area contributed by atoms with Crippen LogP contribution in [0.3, 0.4) is 0 Å². The van der Waals surface area contributed by atoms with Crippen molar-refractivity contribution >= 4 is 0 Å². The molecule has 0 aromatic heterocycles. The third-order valence-electron chi connectivity index (χ3n) is 5.86. The van der Waals surface area contributed by atoms with E-state index in [-0.39, 0.29) is 0 Å². The molecule has 20 heavy (non-hydrogen) atoms. The Hall–Kier alpha value is -0.160. The van der Waals surface area contributed by atoms with Gasteiger partial charge in [0.25, 0.3) is 0 Å². The number of nitrogens with one attached hydrogen (secondary N) is 1. The van der Waals surface area contributed by atoms with Gasteiger partial charge in [0.1, 0.15) is 0 Å². The van der Waals surface area contributed by atoms with Crippen molar-refractivity contribution < 1.29 is 0 Å². The molecule has 3 aliphatic rings. The highest BCUT2D eigenvalue weighted by molar-refractivity contribution is 5.04. The number of nitrogens with zero attached hydrogens (tertiary/aromatic N) is 3. The van der Waals surface area contributed by atoms with Crippen molar-refractivity contribution in [1.29, 1.82) is 0 Å². The second-order valence-corrected chi connectivity index (χ2v) is 7.75. The van der Waals surface area contributed by atoms with Gasteiger partial charge in [0.15, 0.2) is 0 Å². The normalized spacial score (nSPS) is 42.0. The standard InChI is InChI=1S/C16H32N4/c1-13-9-17-16(2,14-5-6-14)12-20(13)11-15-10-18(3)7-8-19(15)4/h13-15,17H,5-12H2,1-4H3. The van der Waals surface area contributed by atoms with Crippen molar-refractivity contribution in [3.05, 3.63) is 0 Å². The van der Waals surface area contributed by atoms with E-state index in [1.807, 2.05) is 0 Å². The highest BCUT2D eigenvalue weighted by Crippen LogP contribution is 2.41. The molecule has 0 aromatic rings. The zero-order valence-corrected chi connectivity index (χ0v) is 13.7. The van der Waals surface area contributed by atoms with Crippen LogP contribution >= 0.6 is 0 Å². The van der Waals surface area contributed by atoms with Gasteiger partial charge in [-0.25, -0.2) is 0 Å². The summed E-state index contributed by atoms with van der Waals surface area (Å²) in [6.07, 6.45) is 2.86. The summed E-state index contributed by atoms with van der Waals surface area (Å²) in [7, 11) is 4.56. The second kappa shape index (κ2) is 5.56. The van der Waals surface area contributed by atoms with E-state index in [4.69, 9.17) is 0 Å². The Morgan fingerprint density at radius 2 is 1.95 bits per heavy atom. The van der Waals surface area contributed by atoms with E-state index < -0.39 is 0 Å². The lowest BCUT2D eigenvalue weighted by molar-refractivity contribution is 0.0318. The minimum atomic E-state index is 0.367. The minimum Gasteiger partial charge on any atom is -0.308 e. The summed E-state index contributed by atoms with van der Waals surface area (Å²) < 4.78 is 0. The van der Waals surface area contributed by atoms with E-state index in [9.17, 15) is 0 Å². The first-order valence-electron chi connectivity index (χ1n) is 8.36. The third kappa shape index (κ3) is 3.03. The van der Waals surface area contributed by atoms with E-state index in [0.717, 1.165) is 12.5 Å². The molecule has 1 saturated carbocycles. The topological polar surface area (TPSA) is 21.8 Å². The molecule has 3 atom stereocenters. The van der Waals surface area contributed by atoms with Gasteiger partial charge < -0.3 is 10.2 Å². The van der Waals surface area contributed by atoms with Crippen molar-refractivity contribution in [2.24, 2.45) is 5.92 Å². The van der Waals surface area contributed by atoms with Gasteiger partial charge in [-0.15, -0.1) is 0 Å². The molecule has 1 aliphatic carbocycles. The van der Waals surface area contributed by atoms with Gasteiger partial charge in [-0.2, -0.15) is 0 Å². The van der Waals surface area contributed by atoms with Crippen molar-refractivity contribution in [1.82, 2.24) is 20.0 Å². The predicted octanol–water partition coefficient (Wildman–Crippen LogP) is 0.695. The van der Waals surface area contributed by atoms with Crippen LogP contribution in [0.25, 0.3) is 0 Å². The lowest BCUT2D eigenvalue weighted by Gasteiger charge is -2.48. The Morgan fingerprint density at radius 3 is 2.65 bits per heavy atom. The molecule has 2 heterocycles. The van der Waals surface area contributed by atoms with E-state index in [0.29, 0.717) is 17.6 Å². The highest BCUT2D eigenvalue weighted by atomic mass is 15.3. The maximum Gasteiger partial charge on any atom is 0.0347 e. The molecule has 4 heteroatoms. The Morgan fingerprint density at radius 1 is 1.20 bits per heavy atom. The molecule has 3 fully saturated rings. The van der Waals surface area contributed by atoms with Crippen LogP contribution in [0, 0.1) is 5.92 Å². The predicted molar refractivity (Wildman–Crippen MR) is 84.1 cm³/mol. The molecule has 0 bridgehead atoms. The molecule has 1 N–H and O–H groups in total. The number of hydrogen-bond donors (Lipinski definition) is 1. The quantitative estimate of drug-likeness (QED) is 0.821. The Kier molecular flexibility index (Phi) is 4.10. The average molecular weight is 280 g/mol. The molecule has 116 valence electrons. The summed E-state index contributed by atoms with van der Waals surface area (Å²) in [4.78, 5) is 7.79. The molecule has 0 amide bonds. The maximum atomic E-state index is 3.83. The first-order valence-corrected chi connectivity index (χ1v) is 8.36. The molecule has 0 spiro atoms. The van der Waals surface area contributed by atoms with E-state index >= 15 is 0 Å². The Labute approximate surface area is 124 Å². The monoisotopic (exact) mass is 280 g/mol. The van der Waals surface area contributed by atoms with Crippen LogP contribution in [-0.2, 0) is 0 Å². The van der Waals surface area contributed by atoms with Crippen LogP contribution in [0.1, 0.15) is 26.7 Å². The number of piperazine rings is 2. The molecule has 2 saturated heterocycles. The van der Waals surface area contributed by atoms with Crippen molar-refractivity contribution in [2.75, 3.05) is 53.4 Å². The fourth-order valence-corrected chi connectivity index (χ4v) is 3.95. The lowest BCUT2D eigenvalue weighted by Crippen LogP contribution is -2.66. The first-order chi connectivity index (χ1) is 9.48.